The Balaban J connectivity index is 1.40. The molecule has 0 spiro atoms. The van der Waals surface area contributed by atoms with Crippen molar-refractivity contribution in [1.82, 2.24) is 20.0 Å². The highest BCUT2D eigenvalue weighted by Gasteiger charge is 2.27. The Kier molecular flexibility index (Phi) is 6.60. The molecular formula is C28H27ClFN7O. The van der Waals surface area contributed by atoms with Crippen molar-refractivity contribution in [3.63, 3.8) is 0 Å². The number of nitriles is 1. The lowest BCUT2D eigenvalue weighted by atomic mass is 9.92. The minimum absolute atomic E-state index is 0.0382. The number of rotatable bonds is 7. The molecule has 10 heteroatoms. The molecule has 3 atom stereocenters. The summed E-state index contributed by atoms with van der Waals surface area (Å²) in [6, 6.07) is 12.2. The van der Waals surface area contributed by atoms with Crippen LogP contribution in [-0.2, 0) is 0 Å². The van der Waals surface area contributed by atoms with E-state index in [0.29, 0.717) is 51.0 Å². The molecule has 2 aromatic heterocycles. The van der Waals surface area contributed by atoms with Gasteiger partial charge in [0.05, 0.1) is 46.2 Å². The Bertz CT molecular complexity index is 1510. The number of aliphatic hydroxyl groups is 1. The highest BCUT2D eigenvalue weighted by Crippen LogP contribution is 2.38. The van der Waals surface area contributed by atoms with Crippen molar-refractivity contribution in [2.45, 2.75) is 62.8 Å². The van der Waals surface area contributed by atoms with Gasteiger partial charge in [0.2, 0.25) is 0 Å². The van der Waals surface area contributed by atoms with E-state index in [1.807, 2.05) is 16.9 Å². The second-order valence-electron chi connectivity index (χ2n) is 10.2. The number of nitrogens with one attached hydrogen (secondary N) is 2. The van der Waals surface area contributed by atoms with Gasteiger partial charge in [0.25, 0.3) is 0 Å². The number of aliphatic hydroxyl groups excluding tert-OH is 1. The zero-order valence-corrected chi connectivity index (χ0v) is 21.4. The third-order valence-electron chi connectivity index (χ3n) is 7.30. The predicted octanol–water partition coefficient (Wildman–Crippen LogP) is 5.74. The maximum atomic E-state index is 13.7. The summed E-state index contributed by atoms with van der Waals surface area (Å²) < 4.78 is 15.6. The maximum absolute atomic E-state index is 13.7. The standard InChI is InChI=1S/C28H27ClFN7O/c29-24-12-20(11-23-26(17(13-31)14-32-28(23)24)33-19-2-1-3-22(38)10-19)34-27(16-4-6-18(30)7-5-16)25-15-37(36-35-25)21-8-9-21/h4-7,11-12,14-15,19,21-22,27,34,38H,1-3,8-10H2,(H,32,33)/t19-,22+,27?/m0/s1. The van der Waals surface area contributed by atoms with Crippen molar-refractivity contribution in [2.75, 3.05) is 10.6 Å². The summed E-state index contributed by atoms with van der Waals surface area (Å²) in [6.45, 7) is 0. The molecule has 2 saturated carbocycles. The second-order valence-corrected chi connectivity index (χ2v) is 10.6. The number of anilines is 2. The zero-order valence-electron chi connectivity index (χ0n) is 20.6. The minimum Gasteiger partial charge on any atom is -0.393 e. The average molecular weight is 532 g/mol. The van der Waals surface area contributed by atoms with E-state index in [0.717, 1.165) is 37.7 Å². The summed E-state index contributed by atoms with van der Waals surface area (Å²) in [4.78, 5) is 4.46. The number of hydrogen-bond acceptors (Lipinski definition) is 7. The molecule has 194 valence electrons. The van der Waals surface area contributed by atoms with Crippen LogP contribution in [0.25, 0.3) is 10.9 Å². The van der Waals surface area contributed by atoms with Gasteiger partial charge >= 0.3 is 0 Å². The van der Waals surface area contributed by atoms with E-state index in [1.54, 1.807) is 18.2 Å². The van der Waals surface area contributed by atoms with Gasteiger partial charge in [-0.2, -0.15) is 5.26 Å². The molecule has 3 N–H and O–H groups in total. The molecule has 38 heavy (non-hydrogen) atoms. The van der Waals surface area contributed by atoms with E-state index < -0.39 is 6.04 Å². The van der Waals surface area contributed by atoms with Gasteiger partial charge in [0.1, 0.15) is 17.6 Å². The molecule has 2 aliphatic carbocycles. The van der Waals surface area contributed by atoms with Crippen molar-refractivity contribution in [3.8, 4) is 6.07 Å². The van der Waals surface area contributed by atoms with Crippen LogP contribution in [0.3, 0.4) is 0 Å². The molecule has 0 bridgehead atoms. The number of nitrogens with zero attached hydrogens (tertiary/aromatic N) is 5. The van der Waals surface area contributed by atoms with Crippen LogP contribution in [0.4, 0.5) is 15.8 Å². The van der Waals surface area contributed by atoms with E-state index in [-0.39, 0.29) is 18.0 Å². The zero-order chi connectivity index (χ0) is 26.2. The van der Waals surface area contributed by atoms with Crippen LogP contribution in [0, 0.1) is 17.1 Å². The summed E-state index contributed by atoms with van der Waals surface area (Å²) in [6.07, 6.45) is 8.48. The van der Waals surface area contributed by atoms with Gasteiger partial charge in [0.15, 0.2) is 0 Å². The summed E-state index contributed by atoms with van der Waals surface area (Å²) in [5.41, 5.74) is 3.87. The normalized spacial score (nSPS) is 20.2. The van der Waals surface area contributed by atoms with E-state index in [9.17, 15) is 14.8 Å². The van der Waals surface area contributed by atoms with E-state index in [2.05, 4.69) is 32.0 Å². The molecule has 2 fully saturated rings. The summed E-state index contributed by atoms with van der Waals surface area (Å²) in [7, 11) is 0. The molecular weight excluding hydrogens is 505 g/mol. The van der Waals surface area contributed by atoms with Crippen LogP contribution in [0.5, 0.6) is 0 Å². The van der Waals surface area contributed by atoms with Gasteiger partial charge in [-0.3, -0.25) is 4.98 Å². The molecule has 2 aromatic carbocycles. The summed E-state index contributed by atoms with van der Waals surface area (Å²) in [5, 5.41) is 36.9. The van der Waals surface area contributed by atoms with Crippen LogP contribution in [-0.4, -0.2) is 37.2 Å². The fraction of sp³-hybridized carbons (Fsp3) is 0.357. The molecule has 0 amide bonds. The smallest absolute Gasteiger partial charge is 0.123 e. The molecule has 8 nitrogen and oxygen atoms in total. The Morgan fingerprint density at radius 3 is 2.71 bits per heavy atom. The van der Waals surface area contributed by atoms with Gasteiger partial charge in [-0.25, -0.2) is 9.07 Å². The molecule has 2 heterocycles. The van der Waals surface area contributed by atoms with Crippen molar-refractivity contribution < 1.29 is 9.50 Å². The first-order chi connectivity index (χ1) is 18.5. The first-order valence-electron chi connectivity index (χ1n) is 12.9. The van der Waals surface area contributed by atoms with Crippen LogP contribution in [0.1, 0.15) is 67.4 Å². The van der Waals surface area contributed by atoms with E-state index >= 15 is 0 Å². The first-order valence-corrected chi connectivity index (χ1v) is 13.3. The molecule has 0 aliphatic heterocycles. The van der Waals surface area contributed by atoms with Crippen LogP contribution < -0.4 is 10.6 Å². The number of hydrogen-bond donors (Lipinski definition) is 3. The van der Waals surface area contributed by atoms with Gasteiger partial charge in [-0.15, -0.1) is 5.10 Å². The fourth-order valence-electron chi connectivity index (χ4n) is 5.17. The van der Waals surface area contributed by atoms with Crippen LogP contribution >= 0.6 is 11.6 Å². The van der Waals surface area contributed by atoms with E-state index in [1.165, 1.54) is 18.3 Å². The monoisotopic (exact) mass is 531 g/mol. The molecule has 4 aromatic rings. The van der Waals surface area contributed by atoms with Gasteiger partial charge < -0.3 is 15.7 Å². The van der Waals surface area contributed by atoms with Crippen molar-refractivity contribution in [1.29, 1.82) is 5.26 Å². The number of fused-ring (bicyclic) bond motifs is 1. The summed E-state index contributed by atoms with van der Waals surface area (Å²) in [5.74, 6) is -0.318. The average Bonchev–Trinajstić information content (AvgIpc) is 3.65. The number of halogens is 2. The topological polar surface area (TPSA) is 112 Å². The van der Waals surface area contributed by atoms with Gasteiger partial charge in [0, 0.05) is 23.3 Å². The third-order valence-corrected chi connectivity index (χ3v) is 7.59. The SMILES string of the molecule is N#Cc1cnc2c(Cl)cc(NC(c3ccc(F)cc3)c3cn(C4CC4)nn3)cc2c1N[C@H]1CCC[C@@H](O)C1. The van der Waals surface area contributed by atoms with Gasteiger partial charge in [-0.05, 0) is 68.4 Å². The Morgan fingerprint density at radius 2 is 1.97 bits per heavy atom. The lowest BCUT2D eigenvalue weighted by Gasteiger charge is -2.28. The molecule has 1 unspecified atom stereocenters. The quantitative estimate of drug-likeness (QED) is 0.278. The number of aromatic nitrogens is 4. The second kappa shape index (κ2) is 10.2. The largest absolute Gasteiger partial charge is 0.393 e. The van der Waals surface area contributed by atoms with Crippen molar-refractivity contribution in [3.05, 3.63) is 76.5 Å². The molecule has 0 radical (unpaired) electrons. The van der Waals surface area contributed by atoms with Gasteiger partial charge in [-0.1, -0.05) is 28.9 Å². The third kappa shape index (κ3) is 5.02. The number of benzene rings is 2. The summed E-state index contributed by atoms with van der Waals surface area (Å²) >= 11 is 6.71. The Hall–Kier alpha value is -3.74. The van der Waals surface area contributed by atoms with Crippen molar-refractivity contribution in [2.24, 2.45) is 0 Å². The number of pyridine rings is 1. The Labute approximate surface area is 224 Å². The molecule has 2 aliphatic rings. The van der Waals surface area contributed by atoms with Crippen LogP contribution in [0.15, 0.2) is 48.8 Å². The molecule has 0 saturated heterocycles. The first kappa shape index (κ1) is 24.6. The van der Waals surface area contributed by atoms with E-state index in [4.69, 9.17) is 11.6 Å². The predicted molar refractivity (Wildman–Crippen MR) is 144 cm³/mol. The lowest BCUT2D eigenvalue weighted by molar-refractivity contribution is 0.124. The molecule has 6 rings (SSSR count). The lowest BCUT2D eigenvalue weighted by Crippen LogP contribution is -2.30. The van der Waals surface area contributed by atoms with Crippen molar-refractivity contribution >= 4 is 33.9 Å². The highest BCUT2D eigenvalue weighted by molar-refractivity contribution is 6.35. The fourth-order valence-corrected chi connectivity index (χ4v) is 5.44. The van der Waals surface area contributed by atoms with Crippen LogP contribution in [0.2, 0.25) is 5.02 Å². The minimum atomic E-state index is -0.409. The Morgan fingerprint density at radius 1 is 1.16 bits per heavy atom. The maximum Gasteiger partial charge on any atom is 0.123 e. The highest BCUT2D eigenvalue weighted by atomic mass is 35.5.